The average Bonchev–Trinajstić information content (AvgIpc) is 2.61. The molecule has 2 amide bonds. The predicted octanol–water partition coefficient (Wildman–Crippen LogP) is 1.64. The van der Waals surface area contributed by atoms with Crippen molar-refractivity contribution in [3.05, 3.63) is 59.7 Å². The molecule has 1 aliphatic heterocycles. The van der Waals surface area contributed by atoms with Gasteiger partial charge in [0.05, 0.1) is 12.2 Å². The monoisotopic (exact) mass is 339 g/mol. The molecule has 0 aliphatic carbocycles. The highest BCUT2D eigenvalue weighted by Crippen LogP contribution is 2.34. The van der Waals surface area contributed by atoms with Gasteiger partial charge < -0.3 is 20.3 Å². The first kappa shape index (κ1) is 16.8. The van der Waals surface area contributed by atoms with Crippen molar-refractivity contribution >= 4 is 17.5 Å². The summed E-state index contributed by atoms with van der Waals surface area (Å²) in [4.78, 5) is 27.2. The summed E-state index contributed by atoms with van der Waals surface area (Å²) < 4.78 is 5.88. The average molecular weight is 339 g/mol. The van der Waals surface area contributed by atoms with Gasteiger partial charge >= 0.3 is 0 Å². The zero-order valence-electron chi connectivity index (χ0n) is 14.3. The Morgan fingerprint density at radius 1 is 1.16 bits per heavy atom. The highest BCUT2D eigenvalue weighted by molar-refractivity contribution is 5.92. The number of benzene rings is 2. The molecular weight excluding hydrogens is 318 g/mol. The summed E-state index contributed by atoms with van der Waals surface area (Å²) in [6.07, 6.45) is -0.546. The zero-order chi connectivity index (χ0) is 18.0. The molecule has 0 fully saturated rings. The molecule has 0 radical (unpaired) electrons. The van der Waals surface area contributed by atoms with Crippen molar-refractivity contribution in [3.8, 4) is 5.75 Å². The second-order valence-electron chi connectivity index (χ2n) is 6.25. The van der Waals surface area contributed by atoms with E-state index in [0.29, 0.717) is 24.4 Å². The molecule has 2 aromatic rings. The fourth-order valence-corrected chi connectivity index (χ4v) is 2.87. The minimum absolute atomic E-state index is 0.0661. The number of fused-ring (bicyclic) bond motifs is 1. The minimum atomic E-state index is -0.546. The fourth-order valence-electron chi connectivity index (χ4n) is 2.87. The molecule has 6 heteroatoms. The van der Waals surface area contributed by atoms with Crippen LogP contribution in [-0.4, -0.2) is 43.5 Å². The molecule has 1 atom stereocenters. The van der Waals surface area contributed by atoms with Crippen LogP contribution < -0.4 is 15.4 Å². The molecule has 25 heavy (non-hydrogen) atoms. The van der Waals surface area contributed by atoms with E-state index in [2.05, 4.69) is 4.90 Å². The maximum atomic E-state index is 12.3. The van der Waals surface area contributed by atoms with E-state index in [-0.39, 0.29) is 5.91 Å². The van der Waals surface area contributed by atoms with Gasteiger partial charge in [0, 0.05) is 26.2 Å². The van der Waals surface area contributed by atoms with Crippen LogP contribution in [0.3, 0.4) is 0 Å². The molecule has 0 saturated heterocycles. The molecule has 130 valence electrons. The van der Waals surface area contributed by atoms with Gasteiger partial charge in [-0.3, -0.25) is 9.59 Å². The topological polar surface area (TPSA) is 75.9 Å². The smallest absolute Gasteiger partial charge is 0.265 e. The van der Waals surface area contributed by atoms with Gasteiger partial charge in [-0.1, -0.05) is 24.3 Å². The number of hydrogen-bond donors (Lipinski definition) is 1. The van der Waals surface area contributed by atoms with Crippen molar-refractivity contribution in [2.75, 3.05) is 25.5 Å². The highest BCUT2D eigenvalue weighted by atomic mass is 16.5. The molecule has 0 bridgehead atoms. The van der Waals surface area contributed by atoms with Gasteiger partial charge in [-0.25, -0.2) is 0 Å². The SMILES string of the molecule is CN(C)C(=O)[C@@H]1CN(Cc2ccc(C(N)=O)cc2)c2ccccc2O1. The number of hydrogen-bond acceptors (Lipinski definition) is 4. The van der Waals surface area contributed by atoms with Crippen molar-refractivity contribution in [2.45, 2.75) is 12.6 Å². The number of nitrogens with two attached hydrogens (primary N) is 1. The lowest BCUT2D eigenvalue weighted by atomic mass is 10.1. The third-order valence-corrected chi connectivity index (χ3v) is 4.19. The number of rotatable bonds is 4. The Hall–Kier alpha value is -3.02. The van der Waals surface area contributed by atoms with Crippen LogP contribution in [0.1, 0.15) is 15.9 Å². The summed E-state index contributed by atoms with van der Waals surface area (Å²) in [5.41, 5.74) is 7.74. The summed E-state index contributed by atoms with van der Waals surface area (Å²) in [5.74, 6) is 0.186. The Balaban J connectivity index is 1.85. The molecular formula is C19H21N3O3. The van der Waals surface area contributed by atoms with Crippen molar-refractivity contribution in [3.63, 3.8) is 0 Å². The maximum Gasteiger partial charge on any atom is 0.265 e. The van der Waals surface area contributed by atoms with Gasteiger partial charge in [0.1, 0.15) is 5.75 Å². The van der Waals surface area contributed by atoms with Crippen LogP contribution in [0.4, 0.5) is 5.69 Å². The van der Waals surface area contributed by atoms with Crippen LogP contribution in [0.15, 0.2) is 48.5 Å². The van der Waals surface area contributed by atoms with Gasteiger partial charge in [0.15, 0.2) is 6.10 Å². The number of carbonyl (C=O) groups excluding carboxylic acids is 2. The Kier molecular flexibility index (Phi) is 4.61. The largest absolute Gasteiger partial charge is 0.477 e. The van der Waals surface area contributed by atoms with Crippen molar-refractivity contribution in [1.29, 1.82) is 0 Å². The fraction of sp³-hybridized carbons (Fsp3) is 0.263. The third-order valence-electron chi connectivity index (χ3n) is 4.19. The van der Waals surface area contributed by atoms with E-state index in [4.69, 9.17) is 10.5 Å². The van der Waals surface area contributed by atoms with Crippen LogP contribution >= 0.6 is 0 Å². The number of amides is 2. The lowest BCUT2D eigenvalue weighted by Crippen LogP contribution is -2.48. The Labute approximate surface area is 146 Å². The van der Waals surface area contributed by atoms with Crippen LogP contribution in [0.25, 0.3) is 0 Å². The Morgan fingerprint density at radius 2 is 1.84 bits per heavy atom. The van der Waals surface area contributed by atoms with Crippen LogP contribution in [0.2, 0.25) is 0 Å². The van der Waals surface area contributed by atoms with Crippen LogP contribution in [0.5, 0.6) is 5.75 Å². The first-order valence-electron chi connectivity index (χ1n) is 8.06. The van der Waals surface area contributed by atoms with Gasteiger partial charge in [-0.2, -0.15) is 0 Å². The van der Waals surface area contributed by atoms with E-state index in [9.17, 15) is 9.59 Å². The molecule has 6 nitrogen and oxygen atoms in total. The Morgan fingerprint density at radius 3 is 2.48 bits per heavy atom. The third kappa shape index (κ3) is 3.57. The molecule has 0 spiro atoms. The zero-order valence-corrected chi connectivity index (χ0v) is 14.3. The second-order valence-corrected chi connectivity index (χ2v) is 6.25. The minimum Gasteiger partial charge on any atom is -0.477 e. The number of nitrogens with zero attached hydrogens (tertiary/aromatic N) is 2. The molecule has 0 unspecified atom stereocenters. The summed E-state index contributed by atoms with van der Waals surface area (Å²) in [7, 11) is 3.44. The van der Waals surface area contributed by atoms with Crippen LogP contribution in [0, 0.1) is 0 Å². The summed E-state index contributed by atoms with van der Waals surface area (Å²) in [6.45, 7) is 1.07. The first-order valence-corrected chi connectivity index (χ1v) is 8.06. The van der Waals surface area contributed by atoms with Crippen LogP contribution in [-0.2, 0) is 11.3 Å². The number of anilines is 1. The summed E-state index contributed by atoms with van der Waals surface area (Å²) in [5, 5.41) is 0. The number of ether oxygens (including phenoxy) is 1. The van der Waals surface area contributed by atoms with E-state index in [1.807, 2.05) is 36.4 Å². The van der Waals surface area contributed by atoms with E-state index < -0.39 is 12.0 Å². The molecule has 0 saturated carbocycles. The molecule has 1 heterocycles. The first-order chi connectivity index (χ1) is 12.0. The Bertz CT molecular complexity index is 787. The number of carbonyl (C=O) groups is 2. The summed E-state index contributed by atoms with van der Waals surface area (Å²) >= 11 is 0. The summed E-state index contributed by atoms with van der Waals surface area (Å²) in [6, 6.07) is 14.9. The maximum absolute atomic E-state index is 12.3. The van der Waals surface area contributed by atoms with Gasteiger partial charge in [-0.05, 0) is 29.8 Å². The number of likely N-dealkylation sites (N-methyl/N-ethyl adjacent to an activating group) is 1. The highest BCUT2D eigenvalue weighted by Gasteiger charge is 2.31. The van der Waals surface area contributed by atoms with Crippen molar-refractivity contribution in [1.82, 2.24) is 4.90 Å². The molecule has 3 rings (SSSR count). The molecule has 0 aromatic heterocycles. The molecule has 2 N–H and O–H groups in total. The number of primary amides is 1. The standard InChI is InChI=1S/C19H21N3O3/c1-21(2)19(24)17-12-22(15-5-3-4-6-16(15)25-17)11-13-7-9-14(10-8-13)18(20)23/h3-10,17H,11-12H2,1-2H3,(H2,20,23)/t17-/m0/s1. The van der Waals surface area contributed by atoms with Gasteiger partial charge in [0.2, 0.25) is 5.91 Å². The quantitative estimate of drug-likeness (QED) is 0.919. The van der Waals surface area contributed by atoms with Gasteiger partial charge in [0.25, 0.3) is 5.91 Å². The molecule has 2 aromatic carbocycles. The van der Waals surface area contributed by atoms with Crippen molar-refractivity contribution in [2.24, 2.45) is 5.73 Å². The van der Waals surface area contributed by atoms with E-state index >= 15 is 0 Å². The van der Waals surface area contributed by atoms with E-state index in [1.54, 1.807) is 31.1 Å². The lowest BCUT2D eigenvalue weighted by molar-refractivity contribution is -0.136. The van der Waals surface area contributed by atoms with E-state index in [0.717, 1.165) is 11.3 Å². The van der Waals surface area contributed by atoms with E-state index in [1.165, 1.54) is 0 Å². The van der Waals surface area contributed by atoms with Gasteiger partial charge in [-0.15, -0.1) is 0 Å². The lowest BCUT2D eigenvalue weighted by Gasteiger charge is -2.36. The number of para-hydroxylation sites is 2. The normalized spacial score (nSPS) is 15.9. The predicted molar refractivity (Wildman–Crippen MR) is 95.6 cm³/mol. The van der Waals surface area contributed by atoms with Crippen molar-refractivity contribution < 1.29 is 14.3 Å². The second kappa shape index (κ2) is 6.84. The molecule has 1 aliphatic rings.